The van der Waals surface area contributed by atoms with Crippen molar-refractivity contribution in [2.75, 3.05) is 0 Å². The standard InChI is InChI=1S/Al.Cu.Mg.Zn. The van der Waals surface area contributed by atoms with E-state index in [1.807, 2.05) is 0 Å². The fourth-order valence-electron chi connectivity index (χ4n) is 0. The van der Waals surface area contributed by atoms with Gasteiger partial charge in [0.15, 0.2) is 0 Å². The summed E-state index contributed by atoms with van der Waals surface area (Å²) in [6.45, 7) is 0. The number of hydrogen-bond acceptors (Lipinski definition) is 0. The molecule has 0 aliphatic rings. The van der Waals surface area contributed by atoms with Gasteiger partial charge in [0.25, 0.3) is 0 Å². The summed E-state index contributed by atoms with van der Waals surface area (Å²) in [6.07, 6.45) is 0. The zero-order chi connectivity index (χ0) is 0. The first-order chi connectivity index (χ1) is 0. The van der Waals surface area contributed by atoms with Crippen molar-refractivity contribution < 1.29 is 36.5 Å². The van der Waals surface area contributed by atoms with Crippen LogP contribution in [0.2, 0.25) is 0 Å². The maximum atomic E-state index is 0. The second-order valence-electron chi connectivity index (χ2n) is 0. The molecule has 0 spiro atoms. The molecule has 0 N–H and O–H groups in total. The predicted molar refractivity (Wildman–Crippen MR) is 11.5 cm³/mol. The summed E-state index contributed by atoms with van der Waals surface area (Å²) in [5.74, 6) is 0. The largest absolute Gasteiger partial charge is 0 e. The molecule has 18 valence electrons. The third-order valence-electron chi connectivity index (χ3n) is 0. The van der Waals surface area contributed by atoms with E-state index >= 15 is 0 Å². The Balaban J connectivity index is 0. The molecule has 0 rings (SSSR count). The van der Waals surface area contributed by atoms with E-state index in [2.05, 4.69) is 0 Å². The van der Waals surface area contributed by atoms with Crippen LogP contribution in [0.1, 0.15) is 0 Å². The molecule has 0 aromatic heterocycles. The summed E-state index contributed by atoms with van der Waals surface area (Å²) in [7, 11) is 0. The smallest absolute Gasteiger partial charge is 0 e. The van der Waals surface area contributed by atoms with Crippen LogP contribution in [-0.2, 0) is 36.5 Å². The predicted octanol–water partition coefficient (Wildman–Crippen LogP) is -0.767. The zero-order valence-corrected chi connectivity index (χ0v) is 8.77. The summed E-state index contributed by atoms with van der Waals surface area (Å²) in [6, 6.07) is 0. The van der Waals surface area contributed by atoms with Gasteiger partial charge in [-0.1, -0.05) is 0 Å². The van der Waals surface area contributed by atoms with Crippen LogP contribution >= 0.6 is 0 Å². The Labute approximate surface area is 76.0 Å². The zero-order valence-electron chi connectivity index (χ0n) is 2.29. The monoisotopic (exact) mass is 178 g/mol. The van der Waals surface area contributed by atoms with Gasteiger partial charge in [-0.25, -0.2) is 0 Å². The Bertz CT molecular complexity index is 8.00. The van der Waals surface area contributed by atoms with E-state index in [-0.39, 0.29) is 77.0 Å². The van der Waals surface area contributed by atoms with Crippen LogP contribution in [-0.4, -0.2) is 40.4 Å². The van der Waals surface area contributed by atoms with Gasteiger partial charge in [-0.3, -0.25) is 0 Å². The average molecular weight is 180 g/mol. The molecule has 6 radical (unpaired) electrons. The van der Waals surface area contributed by atoms with Gasteiger partial charge >= 0.3 is 0 Å². The first-order valence-electron chi connectivity index (χ1n) is 0. The Morgan fingerprint density at radius 1 is 1.00 bits per heavy atom. The Morgan fingerprint density at radius 2 is 1.00 bits per heavy atom. The Kier molecular flexibility index (Phi) is 144. The quantitative estimate of drug-likeness (QED) is 0.430. The summed E-state index contributed by atoms with van der Waals surface area (Å²) in [5.41, 5.74) is 0. The fourth-order valence-corrected chi connectivity index (χ4v) is 0. The van der Waals surface area contributed by atoms with Crippen molar-refractivity contribution in [3.63, 3.8) is 0 Å². The normalized spacial score (nSPS) is 0. The third-order valence-corrected chi connectivity index (χ3v) is 0. The van der Waals surface area contributed by atoms with Crippen molar-refractivity contribution >= 4 is 40.4 Å². The van der Waals surface area contributed by atoms with E-state index in [1.165, 1.54) is 0 Å². The molecule has 0 aliphatic heterocycles. The van der Waals surface area contributed by atoms with Crippen LogP contribution in [0.15, 0.2) is 0 Å². The third kappa shape index (κ3) is 8.82. The molecule has 0 unspecified atom stereocenters. The molecule has 0 aromatic rings. The fraction of sp³-hybridized carbons (Fsp3) is 0. The van der Waals surface area contributed by atoms with Crippen molar-refractivity contribution in [1.29, 1.82) is 0 Å². The first-order valence-corrected chi connectivity index (χ1v) is 0. The summed E-state index contributed by atoms with van der Waals surface area (Å²) >= 11 is 0. The molecule has 0 saturated carbocycles. The summed E-state index contributed by atoms with van der Waals surface area (Å²) < 4.78 is 0. The first kappa shape index (κ1) is 32.0. The maximum Gasteiger partial charge on any atom is 0 e. The van der Waals surface area contributed by atoms with E-state index in [0.29, 0.717) is 0 Å². The van der Waals surface area contributed by atoms with Crippen LogP contribution in [0, 0.1) is 0 Å². The van der Waals surface area contributed by atoms with Gasteiger partial charge in [-0.05, 0) is 0 Å². The SMILES string of the molecule is [Al].[Cu].[Mg].[Zn]. The second kappa shape index (κ2) is 18.0. The van der Waals surface area contributed by atoms with E-state index in [0.717, 1.165) is 0 Å². The van der Waals surface area contributed by atoms with E-state index in [1.54, 1.807) is 0 Å². The van der Waals surface area contributed by atoms with Gasteiger partial charge in [-0.15, -0.1) is 0 Å². The molecular weight excluding hydrogens is 180 g/mol. The van der Waals surface area contributed by atoms with Gasteiger partial charge < -0.3 is 0 Å². The van der Waals surface area contributed by atoms with Crippen LogP contribution in [0.3, 0.4) is 0 Å². The van der Waals surface area contributed by atoms with Crippen LogP contribution in [0.25, 0.3) is 0 Å². The summed E-state index contributed by atoms with van der Waals surface area (Å²) in [5, 5.41) is 0. The molecule has 0 nitrogen and oxygen atoms in total. The van der Waals surface area contributed by atoms with Gasteiger partial charge in [0, 0.05) is 77.0 Å². The topological polar surface area (TPSA) is 0 Å². The molecule has 0 fully saturated rings. The molecular formula is AlCuMgZn. The maximum absolute atomic E-state index is 0. The molecule has 0 saturated heterocycles. The molecule has 0 bridgehead atoms. The van der Waals surface area contributed by atoms with Crippen molar-refractivity contribution in [3.8, 4) is 0 Å². The van der Waals surface area contributed by atoms with Crippen LogP contribution in [0.4, 0.5) is 0 Å². The molecule has 4 heavy (non-hydrogen) atoms. The molecule has 0 atom stereocenters. The number of hydrogen-bond donors (Lipinski definition) is 0. The molecule has 0 aliphatic carbocycles. The Morgan fingerprint density at radius 3 is 1.00 bits per heavy atom. The second-order valence-corrected chi connectivity index (χ2v) is 0. The van der Waals surface area contributed by atoms with Crippen molar-refractivity contribution in [2.24, 2.45) is 0 Å². The van der Waals surface area contributed by atoms with Gasteiger partial charge in [0.05, 0.1) is 0 Å². The van der Waals surface area contributed by atoms with Crippen LogP contribution in [0.5, 0.6) is 0 Å². The molecule has 0 amide bonds. The molecule has 0 heterocycles. The van der Waals surface area contributed by atoms with E-state index in [4.69, 9.17) is 0 Å². The number of rotatable bonds is 0. The van der Waals surface area contributed by atoms with E-state index in [9.17, 15) is 0 Å². The minimum absolute atomic E-state index is 0. The van der Waals surface area contributed by atoms with Gasteiger partial charge in [0.1, 0.15) is 0 Å². The molecule has 0 aromatic carbocycles. The van der Waals surface area contributed by atoms with Gasteiger partial charge in [-0.2, -0.15) is 0 Å². The minimum atomic E-state index is 0. The minimum Gasteiger partial charge on any atom is 0 e. The van der Waals surface area contributed by atoms with Gasteiger partial charge in [0.2, 0.25) is 0 Å². The summed E-state index contributed by atoms with van der Waals surface area (Å²) in [4.78, 5) is 0. The average Bonchev–Trinajstić information content (AvgIpc) is 0. The van der Waals surface area contributed by atoms with Crippen molar-refractivity contribution in [1.82, 2.24) is 0 Å². The van der Waals surface area contributed by atoms with Crippen molar-refractivity contribution in [2.45, 2.75) is 0 Å². The molecule has 4 heteroatoms. The van der Waals surface area contributed by atoms with Crippen LogP contribution < -0.4 is 0 Å². The van der Waals surface area contributed by atoms with E-state index < -0.39 is 0 Å². The Hall–Kier alpha value is 2.44. The van der Waals surface area contributed by atoms with Crippen molar-refractivity contribution in [3.05, 3.63) is 0 Å².